The molecule has 0 bridgehead atoms. The summed E-state index contributed by atoms with van der Waals surface area (Å²) in [5.74, 6) is 0. The summed E-state index contributed by atoms with van der Waals surface area (Å²) in [5.41, 5.74) is 4.03. The van der Waals surface area contributed by atoms with Crippen LogP contribution in [0.5, 0.6) is 0 Å². The average molecular weight is 367 g/mol. The second-order valence-electron chi connectivity index (χ2n) is 7.19. The lowest BCUT2D eigenvalue weighted by atomic mass is 10.0. The van der Waals surface area contributed by atoms with Crippen molar-refractivity contribution in [2.24, 2.45) is 0 Å². The van der Waals surface area contributed by atoms with E-state index in [1.807, 2.05) is 48.7 Å². The van der Waals surface area contributed by atoms with E-state index in [9.17, 15) is 4.79 Å². The molecule has 28 heavy (non-hydrogen) atoms. The first-order chi connectivity index (χ1) is 13.8. The third-order valence-electron chi connectivity index (χ3n) is 5.47. The molecule has 1 aromatic heterocycles. The number of benzene rings is 2. The maximum atomic E-state index is 13.1. The van der Waals surface area contributed by atoms with Crippen molar-refractivity contribution >= 4 is 27.4 Å². The summed E-state index contributed by atoms with van der Waals surface area (Å²) >= 11 is 0. The highest BCUT2D eigenvalue weighted by Gasteiger charge is 2.11. The third kappa shape index (κ3) is 3.02. The Hall–Kier alpha value is -3.24. The van der Waals surface area contributed by atoms with Crippen LogP contribution in [0.3, 0.4) is 0 Å². The molecule has 1 fully saturated rings. The summed E-state index contributed by atoms with van der Waals surface area (Å²) in [6.45, 7) is 4.10. The molecule has 1 N–H and O–H groups in total. The summed E-state index contributed by atoms with van der Waals surface area (Å²) in [6, 6.07) is 22.1. The van der Waals surface area contributed by atoms with Crippen LogP contribution in [0.1, 0.15) is 0 Å². The first-order valence-corrected chi connectivity index (χ1v) is 9.67. The van der Waals surface area contributed by atoms with Gasteiger partial charge in [-0.2, -0.15) is 0 Å². The molecule has 3 aromatic carbocycles. The molecule has 4 aromatic rings. The average Bonchev–Trinajstić information content (AvgIpc) is 2.91. The molecule has 0 unspecified atom stereocenters. The highest BCUT2D eigenvalue weighted by atomic mass is 16.1. The van der Waals surface area contributed by atoms with Gasteiger partial charge in [-0.05, 0) is 35.2 Å². The van der Waals surface area contributed by atoms with Gasteiger partial charge in [-0.25, -0.2) is 0 Å². The lowest BCUT2D eigenvalue weighted by molar-refractivity contribution is 0.589. The minimum absolute atomic E-state index is 0.0300. The van der Waals surface area contributed by atoms with E-state index >= 15 is 0 Å². The fourth-order valence-electron chi connectivity index (χ4n) is 3.90. The molecule has 2 heterocycles. The highest BCUT2D eigenvalue weighted by Crippen LogP contribution is 2.25. The molecule has 4 heteroatoms. The van der Waals surface area contributed by atoms with Gasteiger partial charge in [-0.15, -0.1) is 0 Å². The maximum absolute atomic E-state index is 13.1. The SMILES string of the molecule is O=c1c2ccccc2ccc2ncc(-c3ccc(N4CCNCC4)cc3)cc12. The second kappa shape index (κ2) is 7.06. The number of pyridine rings is 1. The van der Waals surface area contributed by atoms with Crippen molar-refractivity contribution in [1.82, 2.24) is 10.3 Å². The minimum Gasteiger partial charge on any atom is -0.369 e. The molecule has 4 nitrogen and oxygen atoms in total. The first kappa shape index (κ1) is 16.9. The fourth-order valence-corrected chi connectivity index (χ4v) is 3.90. The van der Waals surface area contributed by atoms with Gasteiger partial charge in [0.05, 0.1) is 5.52 Å². The largest absolute Gasteiger partial charge is 0.369 e. The standard InChI is InChI=1S/C24H21N3O/c28-24-21-4-2-1-3-18(21)7-10-23-22(24)15-19(16-26-23)17-5-8-20(9-6-17)27-13-11-25-12-14-27/h1-10,15-16,25H,11-14H2. The van der Waals surface area contributed by atoms with Gasteiger partial charge in [0, 0.05) is 54.4 Å². The van der Waals surface area contributed by atoms with Crippen LogP contribution in [-0.2, 0) is 0 Å². The van der Waals surface area contributed by atoms with Gasteiger partial charge in [-0.1, -0.05) is 42.5 Å². The minimum atomic E-state index is 0.0300. The Morgan fingerprint density at radius 2 is 1.61 bits per heavy atom. The number of aromatic nitrogens is 1. The smallest absolute Gasteiger partial charge is 0.195 e. The normalized spacial score (nSPS) is 14.5. The fraction of sp³-hybridized carbons (Fsp3) is 0.167. The van der Waals surface area contributed by atoms with Crippen molar-refractivity contribution in [3.8, 4) is 11.1 Å². The Bertz CT molecular complexity index is 1210. The van der Waals surface area contributed by atoms with Crippen LogP contribution in [0.2, 0.25) is 0 Å². The molecule has 0 radical (unpaired) electrons. The quantitative estimate of drug-likeness (QED) is 0.585. The van der Waals surface area contributed by atoms with E-state index in [1.54, 1.807) is 0 Å². The van der Waals surface area contributed by atoms with Crippen LogP contribution in [0, 0.1) is 0 Å². The number of rotatable bonds is 2. The van der Waals surface area contributed by atoms with Crippen molar-refractivity contribution in [3.63, 3.8) is 0 Å². The van der Waals surface area contributed by atoms with E-state index in [1.165, 1.54) is 5.69 Å². The number of hydrogen-bond acceptors (Lipinski definition) is 4. The van der Waals surface area contributed by atoms with Gasteiger partial charge in [0.25, 0.3) is 0 Å². The van der Waals surface area contributed by atoms with Gasteiger partial charge in [0.1, 0.15) is 0 Å². The Morgan fingerprint density at radius 1 is 0.821 bits per heavy atom. The zero-order valence-electron chi connectivity index (χ0n) is 15.6. The molecule has 0 spiro atoms. The molecule has 0 aliphatic carbocycles. The topological polar surface area (TPSA) is 45.2 Å². The van der Waals surface area contributed by atoms with Gasteiger partial charge in [0.2, 0.25) is 0 Å². The molecule has 1 aliphatic rings. The summed E-state index contributed by atoms with van der Waals surface area (Å²) < 4.78 is 0. The van der Waals surface area contributed by atoms with Crippen LogP contribution >= 0.6 is 0 Å². The Balaban J connectivity index is 1.58. The predicted molar refractivity (Wildman–Crippen MR) is 116 cm³/mol. The molecular formula is C24H21N3O. The summed E-state index contributed by atoms with van der Waals surface area (Å²) in [4.78, 5) is 20.0. The number of nitrogens with zero attached hydrogens (tertiary/aromatic N) is 2. The monoisotopic (exact) mass is 367 g/mol. The van der Waals surface area contributed by atoms with Crippen LogP contribution < -0.4 is 15.6 Å². The van der Waals surface area contributed by atoms with E-state index in [2.05, 4.69) is 39.5 Å². The van der Waals surface area contributed by atoms with Gasteiger partial charge >= 0.3 is 0 Å². The Labute approximate surface area is 163 Å². The van der Waals surface area contributed by atoms with Crippen LogP contribution in [0.25, 0.3) is 32.8 Å². The maximum Gasteiger partial charge on any atom is 0.195 e. The molecule has 138 valence electrons. The van der Waals surface area contributed by atoms with E-state index < -0.39 is 0 Å². The molecule has 0 amide bonds. The lowest BCUT2D eigenvalue weighted by Crippen LogP contribution is -2.43. The summed E-state index contributed by atoms with van der Waals surface area (Å²) in [7, 11) is 0. The number of fused-ring (bicyclic) bond motifs is 2. The molecule has 5 rings (SSSR count). The van der Waals surface area contributed by atoms with Crippen molar-refractivity contribution in [2.45, 2.75) is 0 Å². The van der Waals surface area contributed by atoms with Gasteiger partial charge < -0.3 is 10.2 Å². The molecule has 0 saturated carbocycles. The Morgan fingerprint density at radius 3 is 2.43 bits per heavy atom. The van der Waals surface area contributed by atoms with E-state index in [0.717, 1.165) is 53.6 Å². The number of hydrogen-bond donors (Lipinski definition) is 1. The van der Waals surface area contributed by atoms with Gasteiger partial charge in [-0.3, -0.25) is 9.78 Å². The van der Waals surface area contributed by atoms with Crippen LogP contribution in [-0.4, -0.2) is 31.2 Å². The molecule has 1 saturated heterocycles. The van der Waals surface area contributed by atoms with Gasteiger partial charge in [0.15, 0.2) is 5.43 Å². The van der Waals surface area contributed by atoms with Crippen LogP contribution in [0.4, 0.5) is 5.69 Å². The zero-order chi connectivity index (χ0) is 18.9. The zero-order valence-corrected chi connectivity index (χ0v) is 15.6. The van der Waals surface area contributed by atoms with Crippen molar-refractivity contribution in [3.05, 3.63) is 83.2 Å². The third-order valence-corrected chi connectivity index (χ3v) is 5.47. The van der Waals surface area contributed by atoms with E-state index in [0.29, 0.717) is 5.39 Å². The molecular weight excluding hydrogens is 346 g/mol. The van der Waals surface area contributed by atoms with Crippen molar-refractivity contribution < 1.29 is 0 Å². The molecule has 1 aliphatic heterocycles. The van der Waals surface area contributed by atoms with E-state index in [-0.39, 0.29) is 5.43 Å². The summed E-state index contributed by atoms with van der Waals surface area (Å²) in [6.07, 6.45) is 1.85. The Kier molecular flexibility index (Phi) is 4.26. The second-order valence-corrected chi connectivity index (χ2v) is 7.19. The number of piperazine rings is 1. The number of anilines is 1. The highest BCUT2D eigenvalue weighted by molar-refractivity contribution is 5.93. The predicted octanol–water partition coefficient (Wildman–Crippen LogP) is 3.82. The van der Waals surface area contributed by atoms with Crippen molar-refractivity contribution in [1.29, 1.82) is 0 Å². The lowest BCUT2D eigenvalue weighted by Gasteiger charge is -2.29. The molecule has 0 atom stereocenters. The first-order valence-electron chi connectivity index (χ1n) is 9.67. The van der Waals surface area contributed by atoms with Crippen LogP contribution in [0.15, 0.2) is 77.7 Å². The van der Waals surface area contributed by atoms with E-state index in [4.69, 9.17) is 0 Å². The van der Waals surface area contributed by atoms with Crippen molar-refractivity contribution in [2.75, 3.05) is 31.1 Å². The number of nitrogens with one attached hydrogen (secondary N) is 1. The summed E-state index contributed by atoms with van der Waals surface area (Å²) in [5, 5.41) is 5.70.